The molecule has 6 heteroatoms. The zero-order valence-corrected chi connectivity index (χ0v) is 18.9. The van der Waals surface area contributed by atoms with E-state index >= 15 is 0 Å². The molecule has 0 saturated carbocycles. The molecule has 1 spiro atoms. The van der Waals surface area contributed by atoms with Crippen molar-refractivity contribution < 1.29 is 9.26 Å². The van der Waals surface area contributed by atoms with Gasteiger partial charge >= 0.3 is 0 Å². The van der Waals surface area contributed by atoms with Gasteiger partial charge in [-0.15, -0.1) is 0 Å². The highest BCUT2D eigenvalue weighted by Gasteiger charge is 2.47. The van der Waals surface area contributed by atoms with Crippen LogP contribution >= 0.6 is 23.2 Å². The van der Waals surface area contributed by atoms with Crippen LogP contribution in [0.2, 0.25) is 10.0 Å². The van der Waals surface area contributed by atoms with Crippen molar-refractivity contribution in [2.24, 2.45) is 0 Å². The molecule has 4 aromatic rings. The number of halogens is 2. The van der Waals surface area contributed by atoms with E-state index in [2.05, 4.69) is 40.4 Å². The van der Waals surface area contributed by atoms with Crippen molar-refractivity contribution in [2.45, 2.75) is 31.1 Å². The zero-order valence-electron chi connectivity index (χ0n) is 17.4. The SMILES string of the molecule is Clc1cc(Cl)cc(C2OC3(CCN(Cc4noc5ccccc45)CC3)c3ccccc32)c1. The Kier molecular flexibility index (Phi) is 4.99. The van der Waals surface area contributed by atoms with Gasteiger partial charge in [0, 0.05) is 35.1 Å². The van der Waals surface area contributed by atoms with E-state index in [1.807, 2.05) is 30.3 Å². The number of benzene rings is 3. The molecule has 0 N–H and O–H groups in total. The van der Waals surface area contributed by atoms with Gasteiger partial charge in [-0.1, -0.05) is 64.8 Å². The van der Waals surface area contributed by atoms with E-state index in [1.54, 1.807) is 6.07 Å². The van der Waals surface area contributed by atoms with Gasteiger partial charge in [-0.3, -0.25) is 4.90 Å². The van der Waals surface area contributed by atoms with Crippen LogP contribution in [0.4, 0.5) is 0 Å². The number of fused-ring (bicyclic) bond motifs is 3. The Labute approximate surface area is 196 Å². The molecule has 32 heavy (non-hydrogen) atoms. The van der Waals surface area contributed by atoms with Gasteiger partial charge in [0.25, 0.3) is 0 Å². The van der Waals surface area contributed by atoms with Gasteiger partial charge in [0.05, 0.1) is 5.60 Å². The fraction of sp³-hybridized carbons (Fsp3) is 0.269. The van der Waals surface area contributed by atoms with Crippen molar-refractivity contribution in [2.75, 3.05) is 13.1 Å². The Morgan fingerprint density at radius 2 is 1.66 bits per heavy atom. The zero-order chi connectivity index (χ0) is 21.7. The molecular weight excluding hydrogens is 443 g/mol. The van der Waals surface area contributed by atoms with Crippen LogP contribution in [0.3, 0.4) is 0 Å². The lowest BCUT2D eigenvalue weighted by Gasteiger charge is -2.39. The van der Waals surface area contributed by atoms with E-state index in [-0.39, 0.29) is 11.7 Å². The molecule has 2 aliphatic heterocycles. The van der Waals surface area contributed by atoms with Crippen molar-refractivity contribution in [3.63, 3.8) is 0 Å². The number of likely N-dealkylation sites (tertiary alicyclic amines) is 1. The summed E-state index contributed by atoms with van der Waals surface area (Å²) in [5, 5.41) is 6.66. The summed E-state index contributed by atoms with van der Waals surface area (Å²) in [6.45, 7) is 2.64. The molecular formula is C26H22Cl2N2O2. The monoisotopic (exact) mass is 464 g/mol. The summed E-state index contributed by atoms with van der Waals surface area (Å²) >= 11 is 12.6. The molecule has 0 amide bonds. The molecule has 1 saturated heterocycles. The average Bonchev–Trinajstić information content (AvgIpc) is 3.35. The second kappa shape index (κ2) is 7.89. The third-order valence-electron chi connectivity index (χ3n) is 6.75. The van der Waals surface area contributed by atoms with Crippen LogP contribution in [0, 0.1) is 0 Å². The molecule has 3 heterocycles. The standard InChI is InChI=1S/C26H22Cl2N2O2/c27-18-13-17(14-19(28)15-18)25-20-5-1-3-7-22(20)26(31-25)9-11-30(12-10-26)16-23-21-6-2-4-8-24(21)32-29-23/h1-8,13-15,25H,9-12,16H2. The maximum absolute atomic E-state index is 6.83. The summed E-state index contributed by atoms with van der Waals surface area (Å²) in [4.78, 5) is 2.44. The van der Waals surface area contributed by atoms with Crippen molar-refractivity contribution in [1.82, 2.24) is 10.1 Å². The summed E-state index contributed by atoms with van der Waals surface area (Å²) in [5.41, 5.74) is 5.04. The molecule has 162 valence electrons. The largest absolute Gasteiger partial charge is 0.358 e. The van der Waals surface area contributed by atoms with Crippen LogP contribution in [0.15, 0.2) is 71.3 Å². The molecule has 0 bridgehead atoms. The summed E-state index contributed by atoms with van der Waals surface area (Å²) in [7, 11) is 0. The number of piperidine rings is 1. The van der Waals surface area contributed by atoms with Crippen molar-refractivity contribution in [1.29, 1.82) is 0 Å². The van der Waals surface area contributed by atoms with Gasteiger partial charge in [0.15, 0.2) is 5.58 Å². The van der Waals surface area contributed by atoms with E-state index in [9.17, 15) is 0 Å². The van der Waals surface area contributed by atoms with Crippen LogP contribution in [0.25, 0.3) is 11.0 Å². The highest BCUT2D eigenvalue weighted by Crippen LogP contribution is 2.51. The first-order chi connectivity index (χ1) is 15.6. The molecule has 1 unspecified atom stereocenters. The highest BCUT2D eigenvalue weighted by atomic mass is 35.5. The Morgan fingerprint density at radius 1 is 0.938 bits per heavy atom. The summed E-state index contributed by atoms with van der Waals surface area (Å²) in [6, 6.07) is 22.3. The molecule has 1 aromatic heterocycles. The van der Waals surface area contributed by atoms with E-state index in [4.69, 9.17) is 32.5 Å². The Balaban J connectivity index is 1.25. The van der Waals surface area contributed by atoms with Crippen molar-refractivity contribution >= 4 is 34.2 Å². The maximum Gasteiger partial charge on any atom is 0.167 e. The second-order valence-corrected chi connectivity index (χ2v) is 9.56. The number of hydrogen-bond acceptors (Lipinski definition) is 4. The van der Waals surface area contributed by atoms with E-state index in [0.29, 0.717) is 10.0 Å². The van der Waals surface area contributed by atoms with Crippen LogP contribution in [0.5, 0.6) is 0 Å². The first-order valence-electron chi connectivity index (χ1n) is 10.9. The molecule has 0 aliphatic carbocycles. The third-order valence-corrected chi connectivity index (χ3v) is 7.19. The molecule has 4 nitrogen and oxygen atoms in total. The van der Waals surface area contributed by atoms with Crippen LogP contribution in [-0.2, 0) is 16.9 Å². The van der Waals surface area contributed by atoms with Gasteiger partial charge in [-0.25, -0.2) is 0 Å². The quantitative estimate of drug-likeness (QED) is 0.336. The lowest BCUT2D eigenvalue weighted by molar-refractivity contribution is -0.0979. The van der Waals surface area contributed by atoms with E-state index < -0.39 is 0 Å². The molecule has 3 aromatic carbocycles. The first-order valence-corrected chi connectivity index (χ1v) is 11.7. The number of rotatable bonds is 3. The summed E-state index contributed by atoms with van der Waals surface area (Å²) in [6.07, 6.45) is 1.68. The lowest BCUT2D eigenvalue weighted by atomic mass is 9.83. The minimum Gasteiger partial charge on any atom is -0.358 e. The maximum atomic E-state index is 6.83. The van der Waals surface area contributed by atoms with Crippen molar-refractivity contribution in [3.8, 4) is 0 Å². The minimum atomic E-state index is -0.293. The van der Waals surface area contributed by atoms with Gasteiger partial charge in [0.1, 0.15) is 11.8 Å². The fourth-order valence-electron chi connectivity index (χ4n) is 5.19. The minimum absolute atomic E-state index is 0.159. The lowest BCUT2D eigenvalue weighted by Crippen LogP contribution is -2.42. The Hall–Kier alpha value is -2.37. The number of hydrogen-bond donors (Lipinski definition) is 0. The number of ether oxygens (including phenoxy) is 1. The van der Waals surface area contributed by atoms with Crippen LogP contribution < -0.4 is 0 Å². The number of para-hydroxylation sites is 1. The van der Waals surface area contributed by atoms with E-state index in [0.717, 1.165) is 54.7 Å². The topological polar surface area (TPSA) is 38.5 Å². The molecule has 1 atom stereocenters. The second-order valence-electron chi connectivity index (χ2n) is 8.68. The van der Waals surface area contributed by atoms with Crippen molar-refractivity contribution in [3.05, 3.63) is 99.2 Å². The first kappa shape index (κ1) is 20.3. The third kappa shape index (κ3) is 3.43. The number of aromatic nitrogens is 1. The predicted octanol–water partition coefficient (Wildman–Crippen LogP) is 6.75. The molecule has 1 fully saturated rings. The van der Waals surface area contributed by atoms with E-state index in [1.165, 1.54) is 11.1 Å². The average molecular weight is 465 g/mol. The molecule has 6 rings (SSSR count). The molecule has 0 radical (unpaired) electrons. The Bertz CT molecular complexity index is 1270. The Morgan fingerprint density at radius 3 is 2.47 bits per heavy atom. The van der Waals surface area contributed by atoms with Gasteiger partial charge in [-0.2, -0.15) is 0 Å². The normalized spacial score (nSPS) is 20.1. The van der Waals surface area contributed by atoms with Crippen LogP contribution in [0.1, 0.15) is 41.3 Å². The van der Waals surface area contributed by atoms with Gasteiger partial charge < -0.3 is 9.26 Å². The molecule has 2 aliphatic rings. The van der Waals surface area contributed by atoms with Crippen LogP contribution in [-0.4, -0.2) is 23.1 Å². The summed E-state index contributed by atoms with van der Waals surface area (Å²) in [5.74, 6) is 0. The van der Waals surface area contributed by atoms with Gasteiger partial charge in [0.2, 0.25) is 0 Å². The highest BCUT2D eigenvalue weighted by molar-refractivity contribution is 6.34. The fourth-order valence-corrected chi connectivity index (χ4v) is 5.73. The smallest absolute Gasteiger partial charge is 0.167 e. The predicted molar refractivity (Wildman–Crippen MR) is 126 cm³/mol. The number of nitrogens with zero attached hydrogens (tertiary/aromatic N) is 2. The van der Waals surface area contributed by atoms with Gasteiger partial charge in [-0.05, 0) is 59.9 Å². The summed E-state index contributed by atoms with van der Waals surface area (Å²) < 4.78 is 12.3.